The molecule has 0 amide bonds. The molecule has 2 atom stereocenters. The first-order valence-electron chi connectivity index (χ1n) is 7.07. The third-order valence-electron chi connectivity index (χ3n) is 3.27. The Morgan fingerprint density at radius 3 is 2.36 bits per heavy atom. The zero-order valence-electron chi connectivity index (χ0n) is 13.0. The number of nitrogens with one attached hydrogen (secondary N) is 1. The summed E-state index contributed by atoms with van der Waals surface area (Å²) >= 11 is 6.12. The van der Waals surface area contributed by atoms with Gasteiger partial charge in [0.05, 0.1) is 21.8 Å². The molecule has 0 fully saturated rings. The number of rotatable bonds is 4. The molecule has 2 rings (SSSR count). The fraction of sp³-hybridized carbons (Fsp3) is 0.294. The Morgan fingerprint density at radius 1 is 1.14 bits per heavy atom. The first-order chi connectivity index (χ1) is 10.3. The Kier molecular flexibility index (Phi) is 5.27. The Bertz CT molecular complexity index is 668. The van der Waals surface area contributed by atoms with Crippen LogP contribution in [0.25, 0.3) is 0 Å². The molecule has 2 aromatic carbocycles. The van der Waals surface area contributed by atoms with Gasteiger partial charge in [0, 0.05) is 10.7 Å². The molecule has 0 spiro atoms. The molecule has 3 N–H and O–H groups in total. The van der Waals surface area contributed by atoms with Crippen molar-refractivity contribution in [2.45, 2.75) is 31.6 Å². The van der Waals surface area contributed by atoms with Gasteiger partial charge in [0.2, 0.25) is 0 Å². The van der Waals surface area contributed by atoms with E-state index >= 15 is 0 Å². The highest BCUT2D eigenvalue weighted by Crippen LogP contribution is 2.30. The number of nitrogens with two attached hydrogens (primary N) is 1. The zero-order valence-corrected chi connectivity index (χ0v) is 14.5. The van der Waals surface area contributed by atoms with E-state index in [2.05, 4.69) is 4.72 Å². The van der Waals surface area contributed by atoms with E-state index in [1.54, 1.807) is 12.1 Å². The van der Waals surface area contributed by atoms with Crippen molar-refractivity contribution in [1.29, 1.82) is 0 Å². The summed E-state index contributed by atoms with van der Waals surface area (Å²) in [5.41, 5.74) is 8.56. The van der Waals surface area contributed by atoms with Crippen LogP contribution < -0.4 is 10.5 Å². The van der Waals surface area contributed by atoms with Gasteiger partial charge in [0.15, 0.2) is 0 Å². The lowest BCUT2D eigenvalue weighted by Crippen LogP contribution is -2.36. The van der Waals surface area contributed by atoms with Crippen LogP contribution in [0.15, 0.2) is 48.5 Å². The van der Waals surface area contributed by atoms with Gasteiger partial charge >= 0.3 is 0 Å². The Labute approximate surface area is 139 Å². The average molecular weight is 337 g/mol. The van der Waals surface area contributed by atoms with E-state index in [-0.39, 0.29) is 10.8 Å². The summed E-state index contributed by atoms with van der Waals surface area (Å²) < 4.78 is 15.4. The maximum absolute atomic E-state index is 12.5. The molecule has 0 aliphatic rings. The maximum Gasteiger partial charge on any atom is 0.0979 e. The predicted octanol–water partition coefficient (Wildman–Crippen LogP) is 4.06. The van der Waals surface area contributed by atoms with E-state index in [0.717, 1.165) is 11.1 Å². The van der Waals surface area contributed by atoms with Crippen molar-refractivity contribution in [1.82, 2.24) is 4.72 Å². The molecule has 22 heavy (non-hydrogen) atoms. The van der Waals surface area contributed by atoms with Gasteiger partial charge in [-0.05, 0) is 50.1 Å². The maximum atomic E-state index is 12.5. The molecule has 0 radical (unpaired) electrons. The van der Waals surface area contributed by atoms with Crippen molar-refractivity contribution in [3.63, 3.8) is 0 Å². The Balaban J connectivity index is 2.47. The first kappa shape index (κ1) is 17.0. The molecule has 0 saturated heterocycles. The van der Waals surface area contributed by atoms with Crippen LogP contribution in [0.1, 0.15) is 37.9 Å². The largest absolute Gasteiger partial charge is 0.398 e. The molecule has 0 heterocycles. The van der Waals surface area contributed by atoms with Crippen LogP contribution in [-0.4, -0.2) is 8.96 Å². The SMILES string of the molecule is CC(C)(C)[S@](=O)N[C@H](c1ccccc1)c1cc(Cl)ccc1N. The normalized spacial score (nSPS) is 14.5. The Hall–Kier alpha value is -1.36. The minimum absolute atomic E-state index is 0.278. The van der Waals surface area contributed by atoms with Crippen LogP contribution in [0.4, 0.5) is 5.69 Å². The van der Waals surface area contributed by atoms with Gasteiger partial charge in [-0.2, -0.15) is 0 Å². The number of anilines is 1. The predicted molar refractivity (Wildman–Crippen MR) is 95.2 cm³/mol. The quantitative estimate of drug-likeness (QED) is 0.827. The van der Waals surface area contributed by atoms with Crippen molar-refractivity contribution >= 4 is 28.3 Å². The lowest BCUT2D eigenvalue weighted by atomic mass is 9.98. The van der Waals surface area contributed by atoms with E-state index in [1.165, 1.54) is 0 Å². The van der Waals surface area contributed by atoms with Gasteiger partial charge in [-0.25, -0.2) is 8.93 Å². The van der Waals surface area contributed by atoms with E-state index < -0.39 is 11.0 Å². The first-order valence-corrected chi connectivity index (χ1v) is 8.60. The van der Waals surface area contributed by atoms with Crippen molar-refractivity contribution in [3.05, 3.63) is 64.7 Å². The highest BCUT2D eigenvalue weighted by molar-refractivity contribution is 7.84. The van der Waals surface area contributed by atoms with Crippen LogP contribution in [0.5, 0.6) is 0 Å². The minimum atomic E-state index is -1.23. The van der Waals surface area contributed by atoms with Gasteiger partial charge in [-0.1, -0.05) is 41.9 Å². The fourth-order valence-electron chi connectivity index (χ4n) is 2.04. The van der Waals surface area contributed by atoms with E-state index in [9.17, 15) is 4.21 Å². The second-order valence-electron chi connectivity index (χ2n) is 6.12. The number of hydrogen-bond acceptors (Lipinski definition) is 2. The van der Waals surface area contributed by atoms with Gasteiger partial charge in [0.1, 0.15) is 0 Å². The fourth-order valence-corrected chi connectivity index (χ4v) is 3.05. The minimum Gasteiger partial charge on any atom is -0.398 e. The number of hydrogen-bond donors (Lipinski definition) is 2. The zero-order chi connectivity index (χ0) is 16.3. The second kappa shape index (κ2) is 6.82. The summed E-state index contributed by atoms with van der Waals surface area (Å²) in [5, 5.41) is 0.605. The average Bonchev–Trinajstić information content (AvgIpc) is 2.47. The number of nitrogen functional groups attached to an aromatic ring is 1. The van der Waals surface area contributed by atoms with Crippen molar-refractivity contribution in [3.8, 4) is 0 Å². The molecule has 5 heteroatoms. The second-order valence-corrected chi connectivity index (χ2v) is 8.55. The third kappa shape index (κ3) is 4.09. The van der Waals surface area contributed by atoms with E-state index in [0.29, 0.717) is 10.7 Å². The number of halogens is 1. The summed E-state index contributed by atoms with van der Waals surface area (Å²) in [7, 11) is -1.23. The van der Waals surface area contributed by atoms with Crippen LogP contribution in [-0.2, 0) is 11.0 Å². The van der Waals surface area contributed by atoms with Crippen LogP contribution >= 0.6 is 11.6 Å². The van der Waals surface area contributed by atoms with Crippen LogP contribution in [0, 0.1) is 0 Å². The highest BCUT2D eigenvalue weighted by atomic mass is 35.5. The van der Waals surface area contributed by atoms with Crippen LogP contribution in [0.2, 0.25) is 5.02 Å². The molecule has 118 valence electrons. The standard InChI is InChI=1S/C17H21ClN2OS/c1-17(2,3)22(21)20-16(12-7-5-4-6-8-12)14-11-13(18)9-10-15(14)19/h4-11,16,20H,19H2,1-3H3/t16-,22+/m1/s1. The molecule has 0 unspecified atom stereocenters. The highest BCUT2D eigenvalue weighted by Gasteiger charge is 2.25. The third-order valence-corrected chi connectivity index (χ3v) is 5.07. The van der Waals surface area contributed by atoms with E-state index in [1.807, 2.05) is 57.2 Å². The summed E-state index contributed by atoms with van der Waals surface area (Å²) in [6.45, 7) is 5.79. The summed E-state index contributed by atoms with van der Waals surface area (Å²) in [6, 6.07) is 14.9. The number of benzene rings is 2. The summed E-state index contributed by atoms with van der Waals surface area (Å²) in [5.74, 6) is 0. The Morgan fingerprint density at radius 2 is 1.77 bits per heavy atom. The monoisotopic (exact) mass is 336 g/mol. The molecule has 0 aromatic heterocycles. The lowest BCUT2D eigenvalue weighted by Gasteiger charge is -2.26. The van der Waals surface area contributed by atoms with E-state index in [4.69, 9.17) is 17.3 Å². The molecular weight excluding hydrogens is 316 g/mol. The van der Waals surface area contributed by atoms with Crippen molar-refractivity contribution in [2.75, 3.05) is 5.73 Å². The summed E-state index contributed by atoms with van der Waals surface area (Å²) in [6.07, 6.45) is 0. The molecule has 2 aromatic rings. The molecule has 0 aliphatic carbocycles. The topological polar surface area (TPSA) is 55.1 Å². The van der Waals surface area contributed by atoms with Gasteiger partial charge < -0.3 is 5.73 Å². The lowest BCUT2D eigenvalue weighted by molar-refractivity contribution is 0.624. The molecule has 0 bridgehead atoms. The van der Waals surface area contributed by atoms with Gasteiger partial charge in [0.25, 0.3) is 0 Å². The molecule has 0 saturated carbocycles. The van der Waals surface area contributed by atoms with Gasteiger partial charge in [-0.3, -0.25) is 0 Å². The summed E-state index contributed by atoms with van der Waals surface area (Å²) in [4.78, 5) is 0. The molecule has 0 aliphatic heterocycles. The van der Waals surface area contributed by atoms with Crippen LogP contribution in [0.3, 0.4) is 0 Å². The van der Waals surface area contributed by atoms with Crippen molar-refractivity contribution in [2.24, 2.45) is 0 Å². The molecule has 3 nitrogen and oxygen atoms in total. The van der Waals surface area contributed by atoms with Gasteiger partial charge in [-0.15, -0.1) is 0 Å². The smallest absolute Gasteiger partial charge is 0.0979 e. The van der Waals surface area contributed by atoms with Crippen molar-refractivity contribution < 1.29 is 4.21 Å². The molecular formula is C17H21ClN2OS.